The fraction of sp³-hybridized carbons (Fsp3) is 0.444. The molecule has 1 aliphatic carbocycles. The number of aromatic nitrogens is 2. The van der Waals surface area contributed by atoms with Gasteiger partial charge in [-0.25, -0.2) is 14.8 Å². The first kappa shape index (κ1) is 20.4. The average Bonchev–Trinajstić information content (AvgIpc) is 2.81. The lowest BCUT2D eigenvalue weighted by Gasteiger charge is -2.12. The first-order valence-electron chi connectivity index (χ1n) is 8.99. The molecule has 10 heteroatoms. The number of methoxy groups -OCH3 is 1. The molecule has 2 aromatic rings. The van der Waals surface area contributed by atoms with Gasteiger partial charge in [0.2, 0.25) is 5.91 Å². The monoisotopic (exact) mass is 421 g/mol. The van der Waals surface area contributed by atoms with E-state index in [4.69, 9.17) is 16.2 Å². The first-order valence-corrected chi connectivity index (χ1v) is 10.7. The van der Waals surface area contributed by atoms with Gasteiger partial charge in [0.1, 0.15) is 16.6 Å². The summed E-state index contributed by atoms with van der Waals surface area (Å²) in [5.74, 6) is -0.173. The number of nitrogen functional groups attached to an aromatic ring is 2. The average molecular weight is 422 g/mol. The lowest BCUT2D eigenvalue weighted by molar-refractivity contribution is -0.115. The number of amides is 1. The van der Waals surface area contributed by atoms with E-state index >= 15 is 0 Å². The molecule has 0 aliphatic heterocycles. The van der Waals surface area contributed by atoms with Crippen molar-refractivity contribution in [2.45, 2.75) is 49.4 Å². The van der Waals surface area contributed by atoms with E-state index in [9.17, 15) is 9.59 Å². The number of hydrogen-bond acceptors (Lipinski definition) is 9. The Balaban J connectivity index is 1.80. The minimum Gasteiger partial charge on any atom is -0.465 e. The van der Waals surface area contributed by atoms with Gasteiger partial charge in [-0.05, 0) is 38.2 Å². The number of carbonyl (C=O) groups is 2. The Morgan fingerprint density at radius 2 is 1.89 bits per heavy atom. The Morgan fingerprint density at radius 3 is 2.57 bits per heavy atom. The molecule has 3 rings (SSSR count). The van der Waals surface area contributed by atoms with Crippen LogP contribution in [-0.4, -0.2) is 34.2 Å². The maximum atomic E-state index is 12.7. The highest BCUT2D eigenvalue weighted by Crippen LogP contribution is 2.38. The van der Waals surface area contributed by atoms with Crippen LogP contribution in [0.25, 0.3) is 0 Å². The van der Waals surface area contributed by atoms with Crippen molar-refractivity contribution < 1.29 is 14.3 Å². The molecule has 0 aromatic carbocycles. The number of nitrogens with two attached hydrogens (primary N) is 2. The zero-order chi connectivity index (χ0) is 20.3. The molecule has 2 heterocycles. The van der Waals surface area contributed by atoms with Crippen LogP contribution >= 0.6 is 23.1 Å². The van der Waals surface area contributed by atoms with E-state index in [0.29, 0.717) is 15.7 Å². The summed E-state index contributed by atoms with van der Waals surface area (Å²) in [6, 6.07) is 1.45. The lowest BCUT2D eigenvalue weighted by atomic mass is 10.1. The molecule has 1 amide bonds. The van der Waals surface area contributed by atoms with E-state index in [2.05, 4.69) is 15.3 Å². The second-order valence-corrected chi connectivity index (χ2v) is 8.92. The standard InChI is InChI=1S/C18H23N5O3S2/c1-9(27-18-21-12(19)8-13(20)22-18)15(24)23-16-14(17(25)26-2)10-6-4-3-5-7-11(10)28-16/h8-9H,3-7H2,1-2H3,(H,23,24)(H4,19,20,21,22). The second-order valence-electron chi connectivity index (χ2n) is 6.51. The third kappa shape index (κ3) is 4.56. The van der Waals surface area contributed by atoms with Crippen LogP contribution in [0.3, 0.4) is 0 Å². The number of nitrogens with one attached hydrogen (secondary N) is 1. The van der Waals surface area contributed by atoms with Gasteiger partial charge in [-0.1, -0.05) is 18.2 Å². The van der Waals surface area contributed by atoms with Crippen LogP contribution in [0.1, 0.15) is 47.0 Å². The molecule has 0 radical (unpaired) electrons. The molecular weight excluding hydrogens is 398 g/mol. The summed E-state index contributed by atoms with van der Waals surface area (Å²) in [4.78, 5) is 34.4. The summed E-state index contributed by atoms with van der Waals surface area (Å²) < 4.78 is 4.97. The molecule has 1 unspecified atom stereocenters. The molecule has 2 aromatic heterocycles. The third-order valence-electron chi connectivity index (χ3n) is 4.44. The number of ether oxygens (including phenoxy) is 1. The molecule has 28 heavy (non-hydrogen) atoms. The van der Waals surface area contributed by atoms with Crippen LogP contribution in [0.5, 0.6) is 0 Å². The number of rotatable bonds is 5. The Kier molecular flexibility index (Phi) is 6.40. The van der Waals surface area contributed by atoms with Crippen LogP contribution in [0.4, 0.5) is 16.6 Å². The van der Waals surface area contributed by atoms with Gasteiger partial charge in [-0.15, -0.1) is 11.3 Å². The number of aryl methyl sites for hydroxylation is 1. The molecule has 8 nitrogen and oxygen atoms in total. The number of nitrogens with zero attached hydrogens (tertiary/aromatic N) is 2. The van der Waals surface area contributed by atoms with Crippen LogP contribution < -0.4 is 16.8 Å². The van der Waals surface area contributed by atoms with Gasteiger partial charge in [0, 0.05) is 10.9 Å². The van der Waals surface area contributed by atoms with Gasteiger partial charge >= 0.3 is 5.97 Å². The summed E-state index contributed by atoms with van der Waals surface area (Å²) in [6.07, 6.45) is 5.00. The largest absolute Gasteiger partial charge is 0.465 e. The minimum absolute atomic E-state index is 0.248. The van der Waals surface area contributed by atoms with Crippen molar-refractivity contribution in [2.75, 3.05) is 23.9 Å². The molecule has 0 saturated carbocycles. The van der Waals surface area contributed by atoms with Gasteiger partial charge in [-0.3, -0.25) is 4.79 Å². The number of thioether (sulfide) groups is 1. The van der Waals surface area contributed by atoms with Crippen molar-refractivity contribution in [2.24, 2.45) is 0 Å². The van der Waals surface area contributed by atoms with Crippen LogP contribution in [0, 0.1) is 0 Å². The van der Waals surface area contributed by atoms with Crippen molar-refractivity contribution in [3.63, 3.8) is 0 Å². The molecule has 0 spiro atoms. The summed E-state index contributed by atoms with van der Waals surface area (Å²) in [5.41, 5.74) is 12.9. The molecule has 5 N–H and O–H groups in total. The molecular formula is C18H23N5O3S2. The minimum atomic E-state index is -0.506. The van der Waals surface area contributed by atoms with Gasteiger partial charge < -0.3 is 21.5 Å². The summed E-state index contributed by atoms with van der Waals surface area (Å²) in [6.45, 7) is 1.74. The van der Waals surface area contributed by atoms with Gasteiger partial charge in [0.25, 0.3) is 0 Å². The topological polar surface area (TPSA) is 133 Å². The highest BCUT2D eigenvalue weighted by Gasteiger charge is 2.27. The van der Waals surface area contributed by atoms with Crippen molar-refractivity contribution >= 4 is 51.6 Å². The maximum absolute atomic E-state index is 12.7. The normalized spacial score (nSPS) is 14.6. The van der Waals surface area contributed by atoms with E-state index in [1.165, 1.54) is 24.5 Å². The fourth-order valence-corrected chi connectivity index (χ4v) is 5.17. The van der Waals surface area contributed by atoms with E-state index in [-0.39, 0.29) is 17.5 Å². The Morgan fingerprint density at radius 1 is 1.21 bits per heavy atom. The molecule has 150 valence electrons. The maximum Gasteiger partial charge on any atom is 0.341 e. The number of carbonyl (C=O) groups excluding carboxylic acids is 2. The molecule has 0 fully saturated rings. The molecule has 1 atom stereocenters. The number of esters is 1. The molecule has 1 aliphatic rings. The predicted octanol–water partition coefficient (Wildman–Crippen LogP) is 2.88. The smallest absolute Gasteiger partial charge is 0.341 e. The SMILES string of the molecule is COC(=O)c1c(NC(=O)C(C)Sc2nc(N)cc(N)n2)sc2c1CCCCC2. The molecule has 0 saturated heterocycles. The highest BCUT2D eigenvalue weighted by molar-refractivity contribution is 8.00. The van der Waals surface area contributed by atoms with Crippen LogP contribution in [0.2, 0.25) is 0 Å². The van der Waals surface area contributed by atoms with E-state index in [1.807, 2.05) is 0 Å². The summed E-state index contributed by atoms with van der Waals surface area (Å²) in [5, 5.41) is 3.26. The van der Waals surface area contributed by atoms with Crippen molar-refractivity contribution in [1.82, 2.24) is 9.97 Å². The lowest BCUT2D eigenvalue weighted by Crippen LogP contribution is -2.23. The first-order chi connectivity index (χ1) is 13.4. The van der Waals surface area contributed by atoms with Gasteiger partial charge in [0.15, 0.2) is 5.16 Å². The Hall–Kier alpha value is -2.33. The number of hydrogen-bond donors (Lipinski definition) is 3. The number of thiophene rings is 1. The van der Waals surface area contributed by atoms with Crippen molar-refractivity contribution in [1.29, 1.82) is 0 Å². The summed E-state index contributed by atoms with van der Waals surface area (Å²) >= 11 is 2.61. The number of anilines is 3. The Bertz CT molecular complexity index is 879. The van der Waals surface area contributed by atoms with Gasteiger partial charge in [0.05, 0.1) is 17.9 Å². The van der Waals surface area contributed by atoms with E-state index in [1.54, 1.807) is 6.92 Å². The van der Waals surface area contributed by atoms with Crippen molar-refractivity contribution in [3.8, 4) is 0 Å². The van der Waals surface area contributed by atoms with E-state index in [0.717, 1.165) is 54.3 Å². The Labute approximate surface area is 171 Å². The quantitative estimate of drug-likeness (QED) is 0.290. The van der Waals surface area contributed by atoms with Crippen molar-refractivity contribution in [3.05, 3.63) is 22.1 Å². The second kappa shape index (κ2) is 8.78. The number of fused-ring (bicyclic) bond motifs is 1. The predicted molar refractivity (Wildman–Crippen MR) is 112 cm³/mol. The van der Waals surface area contributed by atoms with E-state index < -0.39 is 11.2 Å². The zero-order valence-corrected chi connectivity index (χ0v) is 17.4. The highest BCUT2D eigenvalue weighted by atomic mass is 32.2. The summed E-state index contributed by atoms with van der Waals surface area (Å²) in [7, 11) is 1.36. The fourth-order valence-electron chi connectivity index (χ4n) is 3.09. The van der Waals surface area contributed by atoms with Crippen LogP contribution in [-0.2, 0) is 22.4 Å². The third-order valence-corrected chi connectivity index (χ3v) is 6.61. The van der Waals surface area contributed by atoms with Crippen LogP contribution in [0.15, 0.2) is 11.2 Å². The van der Waals surface area contributed by atoms with Gasteiger partial charge in [-0.2, -0.15) is 0 Å². The molecule has 0 bridgehead atoms. The zero-order valence-electron chi connectivity index (χ0n) is 15.8.